The number of aromatic nitrogens is 3. The molecule has 2 aliphatic rings. The van der Waals surface area contributed by atoms with Gasteiger partial charge >= 0.3 is 0 Å². The first-order valence-electron chi connectivity index (χ1n) is 13.1. The van der Waals surface area contributed by atoms with Gasteiger partial charge in [-0.25, -0.2) is 23.7 Å². The molecule has 3 aromatic rings. The van der Waals surface area contributed by atoms with Gasteiger partial charge in [0.1, 0.15) is 23.4 Å². The van der Waals surface area contributed by atoms with Crippen LogP contribution in [0.4, 0.5) is 20.5 Å². The molecule has 40 heavy (non-hydrogen) atoms. The number of amides is 2. The second kappa shape index (κ2) is 11.5. The van der Waals surface area contributed by atoms with Gasteiger partial charge in [-0.3, -0.25) is 9.59 Å². The quantitative estimate of drug-likeness (QED) is 0.439. The fraction of sp³-hybridized carbons (Fsp3) is 0.393. The summed E-state index contributed by atoms with van der Waals surface area (Å²) in [7, 11) is 3.74. The van der Waals surface area contributed by atoms with Crippen molar-refractivity contribution >= 4 is 23.6 Å². The third kappa shape index (κ3) is 5.57. The van der Waals surface area contributed by atoms with Crippen LogP contribution in [0.2, 0.25) is 0 Å². The van der Waals surface area contributed by atoms with Crippen LogP contribution >= 0.6 is 0 Å². The van der Waals surface area contributed by atoms with Crippen molar-refractivity contribution in [3.63, 3.8) is 0 Å². The molecule has 1 atom stereocenters. The van der Waals surface area contributed by atoms with Gasteiger partial charge in [0.2, 0.25) is 11.9 Å². The summed E-state index contributed by atoms with van der Waals surface area (Å²) in [5, 5.41) is 5.95. The Hall–Kier alpha value is -4.19. The number of rotatable bonds is 8. The van der Waals surface area contributed by atoms with E-state index in [1.165, 1.54) is 11.0 Å². The summed E-state index contributed by atoms with van der Waals surface area (Å²) in [6.45, 7) is 3.01. The van der Waals surface area contributed by atoms with Crippen molar-refractivity contribution in [2.75, 3.05) is 37.5 Å². The predicted molar refractivity (Wildman–Crippen MR) is 145 cm³/mol. The highest BCUT2D eigenvalue weighted by Gasteiger charge is 2.37. The Labute approximate surface area is 230 Å². The first kappa shape index (κ1) is 27.4. The fourth-order valence-corrected chi connectivity index (χ4v) is 4.81. The van der Waals surface area contributed by atoms with Crippen LogP contribution in [0.25, 0.3) is 11.3 Å². The number of pyridine rings is 1. The van der Waals surface area contributed by atoms with Crippen molar-refractivity contribution in [3.8, 4) is 11.3 Å². The Kier molecular flexibility index (Phi) is 7.88. The van der Waals surface area contributed by atoms with Gasteiger partial charge < -0.3 is 25.2 Å². The molecule has 10 nitrogen and oxygen atoms in total. The molecule has 0 radical (unpaired) electrons. The minimum absolute atomic E-state index is 0.0527. The van der Waals surface area contributed by atoms with Crippen LogP contribution in [-0.4, -0.2) is 71.1 Å². The third-order valence-corrected chi connectivity index (χ3v) is 7.14. The Morgan fingerprint density at radius 1 is 1.18 bits per heavy atom. The smallest absolute Gasteiger partial charge is 0.258 e. The maximum absolute atomic E-state index is 15.8. The molecule has 4 heterocycles. The van der Waals surface area contributed by atoms with Crippen LogP contribution in [0.15, 0.2) is 36.5 Å². The van der Waals surface area contributed by atoms with Crippen molar-refractivity contribution in [1.29, 1.82) is 0 Å². The predicted octanol–water partition coefficient (Wildman–Crippen LogP) is 3.13. The summed E-state index contributed by atoms with van der Waals surface area (Å²) in [6.07, 6.45) is 2.48. The second-order valence-corrected chi connectivity index (χ2v) is 10.1. The fourth-order valence-electron chi connectivity index (χ4n) is 4.81. The molecule has 2 N–H and O–H groups in total. The molecule has 2 aromatic heterocycles. The summed E-state index contributed by atoms with van der Waals surface area (Å²) in [5.74, 6) is -1.80. The molecule has 1 unspecified atom stereocenters. The minimum Gasteiger partial charge on any atom is -0.381 e. The zero-order chi connectivity index (χ0) is 28.4. The van der Waals surface area contributed by atoms with E-state index in [-0.39, 0.29) is 41.9 Å². The molecule has 1 saturated heterocycles. The molecule has 1 aromatic carbocycles. The molecule has 0 saturated carbocycles. The molecule has 2 aliphatic heterocycles. The van der Waals surface area contributed by atoms with Crippen molar-refractivity contribution in [2.24, 2.45) is 0 Å². The highest BCUT2D eigenvalue weighted by atomic mass is 19.1. The molecule has 0 spiro atoms. The average Bonchev–Trinajstić information content (AvgIpc) is 3.30. The molecule has 5 rings (SSSR count). The van der Waals surface area contributed by atoms with Gasteiger partial charge in [0.25, 0.3) is 5.91 Å². The van der Waals surface area contributed by atoms with Gasteiger partial charge in [-0.15, -0.1) is 0 Å². The largest absolute Gasteiger partial charge is 0.381 e. The average molecular weight is 552 g/mol. The molecule has 12 heteroatoms. The van der Waals surface area contributed by atoms with Crippen molar-refractivity contribution < 1.29 is 23.1 Å². The number of carbonyl (C=O) groups excluding carboxylic acids is 2. The van der Waals surface area contributed by atoms with Crippen LogP contribution in [0.1, 0.15) is 41.4 Å². The van der Waals surface area contributed by atoms with E-state index in [9.17, 15) is 14.0 Å². The van der Waals surface area contributed by atoms with Gasteiger partial charge in [-0.1, -0.05) is 12.1 Å². The number of halogens is 2. The highest BCUT2D eigenvalue weighted by molar-refractivity contribution is 6.02. The summed E-state index contributed by atoms with van der Waals surface area (Å²) in [4.78, 5) is 42.1. The molecule has 1 fully saturated rings. The number of nitrogens with zero attached hydrogens (tertiary/aromatic N) is 5. The number of carbonyl (C=O) groups is 2. The summed E-state index contributed by atoms with van der Waals surface area (Å²) in [6, 6.07) is 7.66. The monoisotopic (exact) mass is 551 g/mol. The van der Waals surface area contributed by atoms with Crippen LogP contribution < -0.4 is 15.5 Å². The van der Waals surface area contributed by atoms with E-state index < -0.39 is 29.5 Å². The van der Waals surface area contributed by atoms with Gasteiger partial charge in [-0.05, 0) is 43.5 Å². The molecule has 0 bridgehead atoms. The van der Waals surface area contributed by atoms with Crippen molar-refractivity contribution in [3.05, 3.63) is 65.0 Å². The molecule has 2 amide bonds. The Morgan fingerprint density at radius 3 is 2.70 bits per heavy atom. The summed E-state index contributed by atoms with van der Waals surface area (Å²) >= 11 is 0. The van der Waals surface area contributed by atoms with E-state index in [0.717, 1.165) is 24.9 Å². The van der Waals surface area contributed by atoms with Crippen LogP contribution in [0.3, 0.4) is 0 Å². The Morgan fingerprint density at radius 2 is 1.95 bits per heavy atom. The lowest BCUT2D eigenvalue weighted by Gasteiger charge is -2.23. The van der Waals surface area contributed by atoms with Crippen LogP contribution in [-0.2, 0) is 22.6 Å². The maximum atomic E-state index is 15.8. The van der Waals surface area contributed by atoms with E-state index in [0.29, 0.717) is 24.5 Å². The van der Waals surface area contributed by atoms with Crippen molar-refractivity contribution in [1.82, 2.24) is 25.2 Å². The van der Waals surface area contributed by atoms with Gasteiger partial charge in [-0.2, -0.15) is 0 Å². The number of ether oxygens (including phenoxy) is 1. The van der Waals surface area contributed by atoms with E-state index in [1.54, 1.807) is 19.1 Å². The second-order valence-electron chi connectivity index (χ2n) is 10.1. The van der Waals surface area contributed by atoms with Crippen LogP contribution in [0, 0.1) is 11.6 Å². The maximum Gasteiger partial charge on any atom is 0.258 e. The Bertz CT molecular complexity index is 1430. The lowest BCUT2D eigenvalue weighted by Crippen LogP contribution is -2.45. The molecular formula is C28H31F2N7O3. The van der Waals surface area contributed by atoms with E-state index in [2.05, 4.69) is 25.6 Å². The van der Waals surface area contributed by atoms with E-state index in [1.807, 2.05) is 31.1 Å². The molecular weight excluding hydrogens is 520 g/mol. The summed E-state index contributed by atoms with van der Waals surface area (Å²) in [5.41, 5.74) is 0.508. The van der Waals surface area contributed by atoms with E-state index in [4.69, 9.17) is 4.74 Å². The van der Waals surface area contributed by atoms with Gasteiger partial charge in [0, 0.05) is 45.5 Å². The number of nitrogens with one attached hydrogen (secondary N) is 2. The standard InChI is InChI=1S/C28H31F2N7O3/c1-16(26(38)31-13-19-5-4-6-22(33-19)36(2)3)37-15-17-7-8-20(24(30)23(17)27(37)39)25-21(29)14-32-28(35-25)34-18-9-11-40-12-10-18/h4-8,14,16,18H,9-13,15H2,1-3H3,(H,31,38)(H,32,34,35). The first-order chi connectivity index (χ1) is 19.2. The lowest BCUT2D eigenvalue weighted by atomic mass is 10.0. The summed E-state index contributed by atoms with van der Waals surface area (Å²) < 4.78 is 35.9. The number of benzene rings is 1. The first-order valence-corrected chi connectivity index (χ1v) is 13.1. The van der Waals surface area contributed by atoms with Gasteiger partial charge in [0.05, 0.1) is 24.0 Å². The number of hydrogen-bond acceptors (Lipinski definition) is 8. The van der Waals surface area contributed by atoms with Crippen LogP contribution in [0.5, 0.6) is 0 Å². The number of anilines is 2. The zero-order valence-electron chi connectivity index (χ0n) is 22.6. The topological polar surface area (TPSA) is 113 Å². The van der Waals surface area contributed by atoms with Crippen molar-refractivity contribution in [2.45, 2.75) is 44.9 Å². The minimum atomic E-state index is -0.878. The van der Waals surface area contributed by atoms with Gasteiger partial charge in [0.15, 0.2) is 5.82 Å². The third-order valence-electron chi connectivity index (χ3n) is 7.14. The highest BCUT2D eigenvalue weighted by Crippen LogP contribution is 2.34. The normalized spacial score (nSPS) is 16.0. The SMILES string of the molecule is CC(C(=O)NCc1cccc(N(C)C)n1)N1Cc2ccc(-c3nc(NC4CCOCC4)ncc3F)c(F)c2C1=O. The van der Waals surface area contributed by atoms with E-state index >= 15 is 4.39 Å². The molecule has 0 aliphatic carbocycles. The lowest BCUT2D eigenvalue weighted by molar-refractivity contribution is -0.125. The molecule has 210 valence electrons. The number of hydrogen-bond donors (Lipinski definition) is 2. The Balaban J connectivity index is 1.31. The number of fused-ring (bicyclic) bond motifs is 1. The zero-order valence-corrected chi connectivity index (χ0v) is 22.6.